The van der Waals surface area contributed by atoms with Gasteiger partial charge in [0.05, 0.1) is 0 Å². The zero-order valence-electron chi connectivity index (χ0n) is 6.69. The first-order valence-electron chi connectivity index (χ1n) is 3.59. The van der Waals surface area contributed by atoms with Crippen LogP contribution in [0.25, 0.3) is 0 Å². The van der Waals surface area contributed by atoms with Crippen LogP contribution < -0.4 is 5.32 Å². The molecule has 12 heavy (non-hydrogen) atoms. The fourth-order valence-electron chi connectivity index (χ4n) is 0.770. The predicted octanol–water partition coefficient (Wildman–Crippen LogP) is 0.685. The molecule has 0 radical (unpaired) electrons. The normalized spacial score (nSPS) is 12.2. The molecule has 0 aliphatic rings. The third-order valence-electron chi connectivity index (χ3n) is 1.26. The van der Waals surface area contributed by atoms with Crippen molar-refractivity contribution >= 4 is 17.2 Å². The Morgan fingerprint density at radius 2 is 2.50 bits per heavy atom. The molecule has 1 heterocycles. The van der Waals surface area contributed by atoms with E-state index >= 15 is 0 Å². The summed E-state index contributed by atoms with van der Waals surface area (Å²) in [7, 11) is 0. The standard InChI is InChI=1S/C8H10N2OS/c1-6(11)10-8(12)7-3-2-4-9-5-7/h2-6,11H,1H3,(H,10,12). The number of rotatable bonds is 2. The number of pyridine rings is 1. The van der Waals surface area contributed by atoms with Gasteiger partial charge < -0.3 is 10.4 Å². The number of nitrogens with one attached hydrogen (secondary N) is 1. The van der Waals surface area contributed by atoms with Crippen LogP contribution in [0.4, 0.5) is 0 Å². The fraction of sp³-hybridized carbons (Fsp3) is 0.250. The zero-order valence-corrected chi connectivity index (χ0v) is 7.51. The SMILES string of the molecule is CC(O)NC(=S)c1cccnc1. The monoisotopic (exact) mass is 182 g/mol. The van der Waals surface area contributed by atoms with Gasteiger partial charge in [0.15, 0.2) is 0 Å². The van der Waals surface area contributed by atoms with Crippen molar-refractivity contribution in [3.63, 3.8) is 0 Å². The van der Waals surface area contributed by atoms with Crippen molar-refractivity contribution in [1.82, 2.24) is 10.3 Å². The van der Waals surface area contributed by atoms with E-state index < -0.39 is 6.23 Å². The summed E-state index contributed by atoms with van der Waals surface area (Å²) in [5.41, 5.74) is 0.813. The van der Waals surface area contributed by atoms with Gasteiger partial charge in [0, 0.05) is 18.0 Å². The van der Waals surface area contributed by atoms with Crippen LogP contribution in [-0.2, 0) is 0 Å². The molecule has 0 aliphatic heterocycles. The van der Waals surface area contributed by atoms with Gasteiger partial charge in [0.1, 0.15) is 11.2 Å². The zero-order chi connectivity index (χ0) is 8.97. The van der Waals surface area contributed by atoms with Gasteiger partial charge in [0.2, 0.25) is 0 Å². The lowest BCUT2D eigenvalue weighted by atomic mass is 10.3. The molecule has 1 aromatic rings. The Morgan fingerprint density at radius 1 is 1.75 bits per heavy atom. The Hall–Kier alpha value is -1.00. The van der Waals surface area contributed by atoms with Gasteiger partial charge in [-0.05, 0) is 19.1 Å². The molecule has 0 fully saturated rings. The van der Waals surface area contributed by atoms with E-state index in [4.69, 9.17) is 17.3 Å². The maximum absolute atomic E-state index is 8.97. The van der Waals surface area contributed by atoms with Crippen LogP contribution in [0.5, 0.6) is 0 Å². The van der Waals surface area contributed by atoms with Crippen molar-refractivity contribution in [2.24, 2.45) is 0 Å². The molecule has 2 N–H and O–H groups in total. The van der Waals surface area contributed by atoms with E-state index in [2.05, 4.69) is 10.3 Å². The topological polar surface area (TPSA) is 45.1 Å². The van der Waals surface area contributed by atoms with Gasteiger partial charge >= 0.3 is 0 Å². The Balaban J connectivity index is 2.66. The molecule has 0 aromatic carbocycles. The summed E-state index contributed by atoms with van der Waals surface area (Å²) in [6.07, 6.45) is 2.70. The third kappa shape index (κ3) is 2.56. The molecule has 0 spiro atoms. The summed E-state index contributed by atoms with van der Waals surface area (Å²) >= 11 is 4.99. The van der Waals surface area contributed by atoms with Crippen molar-refractivity contribution in [1.29, 1.82) is 0 Å². The molecule has 1 rings (SSSR count). The molecule has 0 saturated heterocycles. The van der Waals surface area contributed by atoms with Gasteiger partial charge in [-0.25, -0.2) is 0 Å². The minimum atomic E-state index is -0.627. The molecule has 4 heteroatoms. The predicted molar refractivity (Wildman–Crippen MR) is 50.8 cm³/mol. The van der Waals surface area contributed by atoms with Gasteiger partial charge in [-0.15, -0.1) is 0 Å². The number of aliphatic hydroxyl groups is 1. The molecular weight excluding hydrogens is 172 g/mol. The van der Waals surface area contributed by atoms with E-state index in [9.17, 15) is 0 Å². The van der Waals surface area contributed by atoms with Crippen LogP contribution in [0.1, 0.15) is 12.5 Å². The highest BCUT2D eigenvalue weighted by molar-refractivity contribution is 7.80. The van der Waals surface area contributed by atoms with Gasteiger partial charge in [-0.1, -0.05) is 12.2 Å². The Bertz CT molecular complexity index is 261. The van der Waals surface area contributed by atoms with Crippen molar-refractivity contribution in [3.05, 3.63) is 30.1 Å². The molecule has 0 saturated carbocycles. The number of aromatic nitrogens is 1. The van der Waals surface area contributed by atoms with Gasteiger partial charge in [-0.2, -0.15) is 0 Å². The maximum atomic E-state index is 8.97. The summed E-state index contributed by atoms with van der Waals surface area (Å²) in [4.78, 5) is 4.42. The Kier molecular flexibility index (Phi) is 3.13. The summed E-state index contributed by atoms with van der Waals surface area (Å²) < 4.78 is 0. The lowest BCUT2D eigenvalue weighted by Gasteiger charge is -2.09. The maximum Gasteiger partial charge on any atom is 0.122 e. The van der Waals surface area contributed by atoms with Crippen LogP contribution in [0.15, 0.2) is 24.5 Å². The van der Waals surface area contributed by atoms with Crippen LogP contribution in [0.3, 0.4) is 0 Å². The minimum absolute atomic E-state index is 0.512. The molecule has 64 valence electrons. The lowest BCUT2D eigenvalue weighted by molar-refractivity contribution is 0.181. The highest BCUT2D eigenvalue weighted by Gasteiger charge is 2.01. The second-order valence-corrected chi connectivity index (χ2v) is 2.80. The first-order valence-corrected chi connectivity index (χ1v) is 4.00. The van der Waals surface area contributed by atoms with Crippen molar-refractivity contribution < 1.29 is 5.11 Å². The van der Waals surface area contributed by atoms with E-state index in [1.807, 2.05) is 6.07 Å². The molecule has 0 amide bonds. The van der Waals surface area contributed by atoms with Crippen molar-refractivity contribution in [2.75, 3.05) is 0 Å². The molecule has 1 atom stereocenters. The van der Waals surface area contributed by atoms with E-state index in [0.29, 0.717) is 4.99 Å². The summed E-state index contributed by atoms with van der Waals surface area (Å²) in [6, 6.07) is 3.63. The Morgan fingerprint density at radius 3 is 3.00 bits per heavy atom. The average molecular weight is 182 g/mol. The summed E-state index contributed by atoms with van der Waals surface area (Å²) in [5, 5.41) is 11.7. The summed E-state index contributed by atoms with van der Waals surface area (Å²) in [6.45, 7) is 1.61. The first kappa shape index (κ1) is 9.09. The highest BCUT2D eigenvalue weighted by Crippen LogP contribution is 1.96. The van der Waals surface area contributed by atoms with Crippen molar-refractivity contribution in [3.8, 4) is 0 Å². The van der Waals surface area contributed by atoms with Crippen LogP contribution >= 0.6 is 12.2 Å². The molecule has 1 unspecified atom stereocenters. The quantitative estimate of drug-likeness (QED) is 0.521. The number of aliphatic hydroxyl groups excluding tert-OH is 1. The van der Waals surface area contributed by atoms with Crippen LogP contribution in [0, 0.1) is 0 Å². The molecule has 0 aliphatic carbocycles. The van der Waals surface area contributed by atoms with Crippen molar-refractivity contribution in [2.45, 2.75) is 13.2 Å². The van der Waals surface area contributed by atoms with Crippen LogP contribution in [0.2, 0.25) is 0 Å². The highest BCUT2D eigenvalue weighted by atomic mass is 32.1. The van der Waals surface area contributed by atoms with E-state index in [1.54, 1.807) is 25.4 Å². The smallest absolute Gasteiger partial charge is 0.122 e. The molecule has 0 bridgehead atoms. The number of hydrogen-bond donors (Lipinski definition) is 2. The fourth-order valence-corrected chi connectivity index (χ4v) is 1.06. The number of thiocarbonyl (C=S) groups is 1. The minimum Gasteiger partial charge on any atom is -0.374 e. The van der Waals surface area contributed by atoms with Crippen LogP contribution in [-0.4, -0.2) is 21.3 Å². The third-order valence-corrected chi connectivity index (χ3v) is 1.62. The molecule has 3 nitrogen and oxygen atoms in total. The second-order valence-electron chi connectivity index (χ2n) is 2.39. The Labute approximate surface area is 76.4 Å². The van der Waals surface area contributed by atoms with E-state index in [-0.39, 0.29) is 0 Å². The lowest BCUT2D eigenvalue weighted by Crippen LogP contribution is -2.31. The number of hydrogen-bond acceptors (Lipinski definition) is 3. The molecular formula is C8H10N2OS. The first-order chi connectivity index (χ1) is 5.70. The average Bonchev–Trinajstić information content (AvgIpc) is 2.05. The largest absolute Gasteiger partial charge is 0.374 e. The molecule has 1 aromatic heterocycles. The van der Waals surface area contributed by atoms with E-state index in [1.165, 1.54) is 0 Å². The summed E-state index contributed by atoms with van der Waals surface area (Å²) in [5.74, 6) is 0. The second kappa shape index (κ2) is 4.13. The van der Waals surface area contributed by atoms with E-state index in [0.717, 1.165) is 5.56 Å². The van der Waals surface area contributed by atoms with Gasteiger partial charge in [0.25, 0.3) is 0 Å². The van der Waals surface area contributed by atoms with Gasteiger partial charge in [-0.3, -0.25) is 4.98 Å². The number of nitrogens with zero attached hydrogens (tertiary/aromatic N) is 1.